The minimum absolute atomic E-state index is 0.00274. The number of rotatable bonds is 6. The van der Waals surface area contributed by atoms with Crippen molar-refractivity contribution >= 4 is 17.9 Å². The average molecular weight is 294 g/mol. The molecule has 0 atom stereocenters. The van der Waals surface area contributed by atoms with Crippen molar-refractivity contribution in [2.45, 2.75) is 20.3 Å². The van der Waals surface area contributed by atoms with Gasteiger partial charge in [0.05, 0.1) is 13.0 Å². The molecule has 0 saturated carbocycles. The summed E-state index contributed by atoms with van der Waals surface area (Å²) in [5.74, 6) is -0.666. The molecule has 0 heterocycles. The maximum Gasteiger partial charge on any atom is 0.318 e. The van der Waals surface area contributed by atoms with Crippen LogP contribution in [0, 0.1) is 13.8 Å². The molecule has 7 nitrogen and oxygen atoms in total. The second kappa shape index (κ2) is 7.88. The minimum Gasteiger partial charge on any atom is -0.493 e. The highest BCUT2D eigenvalue weighted by atomic mass is 16.5. The Kier molecular flexibility index (Phi) is 6.19. The van der Waals surface area contributed by atoms with Crippen molar-refractivity contribution in [2.24, 2.45) is 5.73 Å². The monoisotopic (exact) mass is 294 g/mol. The normalized spacial score (nSPS) is 9.81. The number of urea groups is 1. The number of amides is 3. The van der Waals surface area contributed by atoms with Crippen LogP contribution in [-0.4, -0.2) is 31.1 Å². The summed E-state index contributed by atoms with van der Waals surface area (Å²) in [5, 5.41) is 1.79. The number of hydrogen-bond acceptors (Lipinski definition) is 5. The van der Waals surface area contributed by atoms with E-state index in [1.54, 1.807) is 5.32 Å². The Balaban J connectivity index is 2.29. The van der Waals surface area contributed by atoms with Gasteiger partial charge in [0.15, 0.2) is 6.61 Å². The first kappa shape index (κ1) is 16.5. The fraction of sp³-hybridized carbons (Fsp3) is 0.357. The van der Waals surface area contributed by atoms with Gasteiger partial charge in [-0.05, 0) is 31.0 Å². The van der Waals surface area contributed by atoms with Crippen molar-refractivity contribution in [3.8, 4) is 5.75 Å². The van der Waals surface area contributed by atoms with Crippen LogP contribution in [0.25, 0.3) is 0 Å². The van der Waals surface area contributed by atoms with Crippen LogP contribution in [0.2, 0.25) is 0 Å². The molecule has 1 aromatic carbocycles. The second-order valence-electron chi connectivity index (χ2n) is 4.44. The van der Waals surface area contributed by atoms with Crippen LogP contribution < -0.4 is 15.8 Å². The van der Waals surface area contributed by atoms with E-state index in [1.807, 2.05) is 32.0 Å². The van der Waals surface area contributed by atoms with E-state index in [-0.39, 0.29) is 13.0 Å². The highest BCUT2D eigenvalue weighted by molar-refractivity contribution is 5.94. The molecule has 0 unspecified atom stereocenters. The van der Waals surface area contributed by atoms with Crippen molar-refractivity contribution in [3.05, 3.63) is 29.3 Å². The van der Waals surface area contributed by atoms with Crippen LogP contribution in [0.5, 0.6) is 5.75 Å². The molecule has 0 aliphatic carbocycles. The van der Waals surface area contributed by atoms with Gasteiger partial charge in [-0.2, -0.15) is 0 Å². The van der Waals surface area contributed by atoms with E-state index < -0.39 is 24.5 Å². The molecule has 0 aliphatic heterocycles. The summed E-state index contributed by atoms with van der Waals surface area (Å²) in [7, 11) is 0. The Morgan fingerprint density at radius 3 is 2.62 bits per heavy atom. The van der Waals surface area contributed by atoms with Gasteiger partial charge in [0, 0.05) is 0 Å². The standard InChI is InChI=1S/C14H18N2O5/c1-9-3-4-10(2)11(7-9)20-6-5-13(18)21-8-12(17)16-14(15)19/h3-4,7H,5-6,8H2,1-2H3,(H3,15,16,17,19). The highest BCUT2D eigenvalue weighted by Crippen LogP contribution is 2.19. The van der Waals surface area contributed by atoms with E-state index in [0.29, 0.717) is 5.75 Å². The predicted octanol–water partition coefficient (Wildman–Crippen LogP) is 0.810. The molecular formula is C14H18N2O5. The number of ether oxygens (including phenoxy) is 2. The Morgan fingerprint density at radius 1 is 1.24 bits per heavy atom. The van der Waals surface area contributed by atoms with Gasteiger partial charge in [-0.15, -0.1) is 0 Å². The summed E-state index contributed by atoms with van der Waals surface area (Å²) >= 11 is 0. The minimum atomic E-state index is -0.991. The van der Waals surface area contributed by atoms with E-state index in [2.05, 4.69) is 4.74 Å². The molecule has 21 heavy (non-hydrogen) atoms. The summed E-state index contributed by atoms with van der Waals surface area (Å²) in [4.78, 5) is 32.8. The van der Waals surface area contributed by atoms with E-state index >= 15 is 0 Å². The number of imide groups is 1. The van der Waals surface area contributed by atoms with Crippen LogP contribution in [0.3, 0.4) is 0 Å². The summed E-state index contributed by atoms with van der Waals surface area (Å²) in [6.07, 6.45) is -0.00274. The first-order valence-corrected chi connectivity index (χ1v) is 6.33. The smallest absolute Gasteiger partial charge is 0.318 e. The molecule has 0 radical (unpaired) electrons. The van der Waals surface area contributed by atoms with Crippen molar-refractivity contribution in [3.63, 3.8) is 0 Å². The van der Waals surface area contributed by atoms with Crippen LogP contribution >= 0.6 is 0 Å². The molecule has 3 N–H and O–H groups in total. The molecular weight excluding hydrogens is 276 g/mol. The molecule has 0 aromatic heterocycles. The topological polar surface area (TPSA) is 108 Å². The van der Waals surface area contributed by atoms with Crippen molar-refractivity contribution in [1.29, 1.82) is 0 Å². The van der Waals surface area contributed by atoms with Gasteiger partial charge in [-0.25, -0.2) is 4.79 Å². The van der Waals surface area contributed by atoms with E-state index in [1.165, 1.54) is 0 Å². The van der Waals surface area contributed by atoms with Gasteiger partial charge in [0.2, 0.25) is 0 Å². The molecule has 0 bridgehead atoms. The number of benzene rings is 1. The first-order valence-electron chi connectivity index (χ1n) is 6.33. The summed E-state index contributed by atoms with van der Waals surface area (Å²) in [6.45, 7) is 3.44. The van der Waals surface area contributed by atoms with Gasteiger partial charge in [-0.1, -0.05) is 12.1 Å². The van der Waals surface area contributed by atoms with E-state index in [4.69, 9.17) is 10.5 Å². The number of esters is 1. The Labute approximate surface area is 122 Å². The largest absolute Gasteiger partial charge is 0.493 e. The molecule has 3 amide bonds. The Morgan fingerprint density at radius 2 is 1.95 bits per heavy atom. The van der Waals surface area contributed by atoms with Crippen LogP contribution in [-0.2, 0) is 14.3 Å². The molecule has 7 heteroatoms. The molecule has 0 fully saturated rings. The fourth-order valence-electron chi connectivity index (χ4n) is 1.50. The average Bonchev–Trinajstić information content (AvgIpc) is 2.39. The van der Waals surface area contributed by atoms with Crippen LogP contribution in [0.1, 0.15) is 17.5 Å². The maximum absolute atomic E-state index is 11.4. The number of nitrogens with two attached hydrogens (primary N) is 1. The van der Waals surface area contributed by atoms with Gasteiger partial charge in [-0.3, -0.25) is 14.9 Å². The lowest BCUT2D eigenvalue weighted by molar-refractivity contribution is -0.148. The van der Waals surface area contributed by atoms with Gasteiger partial charge in [0.25, 0.3) is 5.91 Å². The molecule has 0 aliphatic rings. The second-order valence-corrected chi connectivity index (χ2v) is 4.44. The molecule has 1 aromatic rings. The lowest BCUT2D eigenvalue weighted by Crippen LogP contribution is -2.37. The lowest BCUT2D eigenvalue weighted by atomic mass is 10.1. The molecule has 114 valence electrons. The zero-order valence-electron chi connectivity index (χ0n) is 12.0. The number of carbonyl (C=O) groups is 3. The summed E-state index contributed by atoms with van der Waals surface area (Å²) in [6, 6.07) is 4.78. The van der Waals surface area contributed by atoms with Gasteiger partial charge < -0.3 is 15.2 Å². The van der Waals surface area contributed by atoms with Crippen molar-refractivity contribution in [2.75, 3.05) is 13.2 Å². The molecule has 1 rings (SSSR count). The highest BCUT2D eigenvalue weighted by Gasteiger charge is 2.09. The number of hydrogen-bond donors (Lipinski definition) is 2. The van der Waals surface area contributed by atoms with Gasteiger partial charge >= 0.3 is 12.0 Å². The SMILES string of the molecule is Cc1ccc(C)c(OCCC(=O)OCC(=O)NC(N)=O)c1. The fourth-order valence-corrected chi connectivity index (χ4v) is 1.50. The van der Waals surface area contributed by atoms with E-state index in [0.717, 1.165) is 11.1 Å². The molecule has 0 saturated heterocycles. The van der Waals surface area contributed by atoms with Crippen molar-refractivity contribution in [1.82, 2.24) is 5.32 Å². The van der Waals surface area contributed by atoms with Gasteiger partial charge in [0.1, 0.15) is 5.75 Å². The predicted molar refractivity (Wildman–Crippen MR) is 74.7 cm³/mol. The summed E-state index contributed by atoms with van der Waals surface area (Å²) < 4.78 is 10.1. The maximum atomic E-state index is 11.4. The number of primary amides is 1. The Bertz CT molecular complexity index is 542. The molecule has 0 spiro atoms. The van der Waals surface area contributed by atoms with Crippen LogP contribution in [0.4, 0.5) is 4.79 Å². The third-order valence-corrected chi connectivity index (χ3v) is 2.53. The third-order valence-electron chi connectivity index (χ3n) is 2.53. The number of carbonyl (C=O) groups excluding carboxylic acids is 3. The summed E-state index contributed by atoms with van der Waals surface area (Å²) in [5.41, 5.74) is 6.76. The quantitative estimate of drug-likeness (QED) is 0.755. The van der Waals surface area contributed by atoms with Crippen LogP contribution in [0.15, 0.2) is 18.2 Å². The zero-order chi connectivity index (χ0) is 15.8. The number of aryl methyl sites for hydroxylation is 2. The van der Waals surface area contributed by atoms with Crippen molar-refractivity contribution < 1.29 is 23.9 Å². The van der Waals surface area contributed by atoms with E-state index in [9.17, 15) is 14.4 Å². The Hall–Kier alpha value is -2.57. The first-order chi connectivity index (χ1) is 9.88. The number of nitrogens with one attached hydrogen (secondary N) is 1. The lowest BCUT2D eigenvalue weighted by Gasteiger charge is -2.09. The third kappa shape index (κ3) is 6.42. The zero-order valence-corrected chi connectivity index (χ0v) is 12.0.